The van der Waals surface area contributed by atoms with Crippen LogP contribution in [0.2, 0.25) is 0 Å². The predicted octanol–water partition coefficient (Wildman–Crippen LogP) is 1.68. The van der Waals surface area contributed by atoms with Gasteiger partial charge in [0.25, 0.3) is 11.1 Å². The molecule has 2 aliphatic heterocycles. The van der Waals surface area contributed by atoms with Crippen LogP contribution < -0.4 is 11.1 Å². The third-order valence-electron chi connectivity index (χ3n) is 5.51. The fourth-order valence-corrected chi connectivity index (χ4v) is 4.53. The summed E-state index contributed by atoms with van der Waals surface area (Å²) in [6, 6.07) is 6.96. The Morgan fingerprint density at radius 3 is 2.65 bits per heavy atom. The normalized spacial score (nSPS) is 22.5. The van der Waals surface area contributed by atoms with Crippen molar-refractivity contribution in [3.8, 4) is 11.3 Å². The number of hydrogen-bond acceptors (Lipinski definition) is 4. The summed E-state index contributed by atoms with van der Waals surface area (Å²) >= 11 is 0. The van der Waals surface area contributed by atoms with E-state index in [4.69, 9.17) is 0 Å². The minimum atomic E-state index is -0.150. The van der Waals surface area contributed by atoms with Crippen LogP contribution in [0, 0.1) is 11.8 Å². The van der Waals surface area contributed by atoms with E-state index in [9.17, 15) is 9.59 Å². The Bertz CT molecular complexity index is 944. The van der Waals surface area contributed by atoms with Crippen LogP contribution in [0.1, 0.15) is 31.9 Å². The Hall–Kier alpha value is -2.21. The molecule has 26 heavy (non-hydrogen) atoms. The van der Waals surface area contributed by atoms with E-state index in [1.165, 1.54) is 10.7 Å². The van der Waals surface area contributed by atoms with Gasteiger partial charge in [0, 0.05) is 62.5 Å². The Morgan fingerprint density at radius 2 is 1.92 bits per heavy atom. The molecule has 0 saturated carbocycles. The molecule has 138 valence electrons. The van der Waals surface area contributed by atoms with Crippen molar-refractivity contribution in [3.05, 3.63) is 50.7 Å². The summed E-state index contributed by atoms with van der Waals surface area (Å²) in [5.41, 5.74) is 2.48. The molecule has 2 aromatic rings. The fraction of sp³-hybridized carbons (Fsp3) is 0.550. The van der Waals surface area contributed by atoms with E-state index in [1.54, 1.807) is 19.2 Å². The lowest BCUT2D eigenvalue weighted by Crippen LogP contribution is -2.48. The Morgan fingerprint density at radius 1 is 1.12 bits per heavy atom. The number of fused-ring (bicyclic) bond motifs is 4. The minimum Gasteiger partial charge on any atom is -0.312 e. The molecule has 2 bridgehead atoms. The van der Waals surface area contributed by atoms with Crippen LogP contribution >= 0.6 is 0 Å². The van der Waals surface area contributed by atoms with Crippen molar-refractivity contribution in [2.45, 2.75) is 32.7 Å². The van der Waals surface area contributed by atoms with Crippen molar-refractivity contribution in [2.24, 2.45) is 18.9 Å². The molecule has 4 rings (SSSR count). The van der Waals surface area contributed by atoms with E-state index >= 15 is 0 Å². The van der Waals surface area contributed by atoms with Crippen molar-refractivity contribution in [3.63, 3.8) is 0 Å². The summed E-state index contributed by atoms with van der Waals surface area (Å²) in [5, 5.41) is 4.31. The zero-order valence-corrected chi connectivity index (χ0v) is 15.7. The van der Waals surface area contributed by atoms with Crippen LogP contribution in [-0.2, 0) is 13.6 Å². The first-order chi connectivity index (χ1) is 12.4. The van der Waals surface area contributed by atoms with Gasteiger partial charge in [-0.2, -0.15) is 5.10 Å². The highest BCUT2D eigenvalue weighted by molar-refractivity contribution is 5.58. The second-order valence-electron chi connectivity index (χ2n) is 8.21. The van der Waals surface area contributed by atoms with Crippen molar-refractivity contribution in [1.82, 2.24) is 19.2 Å². The third-order valence-corrected chi connectivity index (χ3v) is 5.51. The number of pyridine rings is 1. The predicted molar refractivity (Wildman–Crippen MR) is 101 cm³/mol. The van der Waals surface area contributed by atoms with E-state index in [2.05, 4.69) is 29.9 Å². The number of rotatable bonds is 3. The van der Waals surface area contributed by atoms with Gasteiger partial charge in [0.2, 0.25) is 0 Å². The van der Waals surface area contributed by atoms with Crippen LogP contribution in [0.25, 0.3) is 11.3 Å². The maximum absolute atomic E-state index is 12.8. The molecule has 2 atom stereocenters. The topological polar surface area (TPSA) is 60.1 Å². The van der Waals surface area contributed by atoms with Gasteiger partial charge in [-0.15, -0.1) is 0 Å². The molecule has 1 fully saturated rings. The van der Waals surface area contributed by atoms with E-state index in [0.29, 0.717) is 23.4 Å². The van der Waals surface area contributed by atoms with Crippen LogP contribution in [0.15, 0.2) is 33.9 Å². The maximum atomic E-state index is 12.8. The third kappa shape index (κ3) is 3.14. The average molecular weight is 354 g/mol. The largest absolute Gasteiger partial charge is 0.312 e. The Labute approximate surface area is 153 Å². The number of hydrogen-bond donors (Lipinski definition) is 0. The molecule has 2 aliphatic rings. The lowest BCUT2D eigenvalue weighted by molar-refractivity contribution is 0.109. The van der Waals surface area contributed by atoms with E-state index in [-0.39, 0.29) is 11.1 Å². The van der Waals surface area contributed by atoms with Gasteiger partial charge in [0.15, 0.2) is 0 Å². The van der Waals surface area contributed by atoms with Gasteiger partial charge < -0.3 is 9.47 Å². The Kier molecular flexibility index (Phi) is 4.31. The van der Waals surface area contributed by atoms with Crippen LogP contribution in [0.3, 0.4) is 0 Å². The van der Waals surface area contributed by atoms with Crippen LogP contribution in [-0.4, -0.2) is 38.9 Å². The molecule has 0 radical (unpaired) electrons. The smallest absolute Gasteiger partial charge is 0.266 e. The fourth-order valence-electron chi connectivity index (χ4n) is 4.53. The molecule has 6 heteroatoms. The zero-order valence-electron chi connectivity index (χ0n) is 15.7. The first-order valence-electron chi connectivity index (χ1n) is 9.42. The SMILES string of the molecule is CC(C)CN1C[C@@H]2C[C@H](C1)c1cc(-c3ccc(=O)n(C)n3)cc(=O)n1C2. The summed E-state index contributed by atoms with van der Waals surface area (Å²) in [6.45, 7) is 8.53. The molecule has 0 aliphatic carbocycles. The van der Waals surface area contributed by atoms with Crippen molar-refractivity contribution in [1.29, 1.82) is 0 Å². The highest BCUT2D eigenvalue weighted by atomic mass is 16.1. The van der Waals surface area contributed by atoms with Crippen molar-refractivity contribution < 1.29 is 0 Å². The first kappa shape index (κ1) is 17.2. The summed E-state index contributed by atoms with van der Waals surface area (Å²) in [7, 11) is 1.63. The molecule has 1 saturated heterocycles. The van der Waals surface area contributed by atoms with Gasteiger partial charge in [0.05, 0.1) is 5.69 Å². The minimum absolute atomic E-state index is 0.0418. The van der Waals surface area contributed by atoms with Gasteiger partial charge in [-0.25, -0.2) is 4.68 Å². The summed E-state index contributed by atoms with van der Waals surface area (Å²) in [6.07, 6.45) is 1.15. The Balaban J connectivity index is 1.73. The maximum Gasteiger partial charge on any atom is 0.266 e. The van der Waals surface area contributed by atoms with Gasteiger partial charge >= 0.3 is 0 Å². The second-order valence-corrected chi connectivity index (χ2v) is 8.21. The van der Waals surface area contributed by atoms with E-state index in [1.807, 2.05) is 4.57 Å². The molecule has 2 aromatic heterocycles. The van der Waals surface area contributed by atoms with Crippen molar-refractivity contribution >= 4 is 0 Å². The summed E-state index contributed by atoms with van der Waals surface area (Å²) in [4.78, 5) is 26.9. The van der Waals surface area contributed by atoms with Gasteiger partial charge in [-0.1, -0.05) is 13.8 Å². The zero-order chi connectivity index (χ0) is 18.4. The number of nitrogens with zero attached hydrogens (tertiary/aromatic N) is 4. The van der Waals surface area contributed by atoms with E-state index < -0.39 is 0 Å². The van der Waals surface area contributed by atoms with Crippen molar-refractivity contribution in [2.75, 3.05) is 19.6 Å². The highest BCUT2D eigenvalue weighted by Gasteiger charge is 2.35. The number of piperidine rings is 1. The molecule has 0 spiro atoms. The second kappa shape index (κ2) is 6.50. The molecule has 0 aromatic carbocycles. The molecule has 0 N–H and O–H groups in total. The van der Waals surface area contributed by atoms with E-state index in [0.717, 1.165) is 43.9 Å². The molecule has 6 nitrogen and oxygen atoms in total. The molecular formula is C20H26N4O2. The number of likely N-dealkylation sites (tertiary alicyclic amines) is 1. The first-order valence-corrected chi connectivity index (χ1v) is 9.42. The quantitative estimate of drug-likeness (QED) is 0.842. The molecule has 0 unspecified atom stereocenters. The number of aryl methyl sites for hydroxylation is 1. The highest BCUT2D eigenvalue weighted by Crippen LogP contribution is 2.36. The number of aromatic nitrogens is 3. The lowest BCUT2D eigenvalue weighted by atomic mass is 9.82. The van der Waals surface area contributed by atoms with Gasteiger partial charge in [-0.05, 0) is 30.4 Å². The monoisotopic (exact) mass is 354 g/mol. The summed E-state index contributed by atoms with van der Waals surface area (Å²) in [5.74, 6) is 1.60. The summed E-state index contributed by atoms with van der Waals surface area (Å²) < 4.78 is 3.27. The van der Waals surface area contributed by atoms with Crippen LogP contribution in [0.5, 0.6) is 0 Å². The standard InChI is InChI=1S/C20H26N4O2/c1-13(2)9-23-10-14-6-16(12-23)18-7-15(8-20(26)24(18)11-14)17-4-5-19(25)22(3)21-17/h4-5,7-8,13-14,16H,6,9-12H2,1-3H3/t14-,16+/m0/s1. The van der Waals surface area contributed by atoms with Gasteiger partial charge in [0.1, 0.15) is 0 Å². The lowest BCUT2D eigenvalue weighted by Gasteiger charge is -2.43. The van der Waals surface area contributed by atoms with Crippen LogP contribution in [0.4, 0.5) is 0 Å². The molecule has 4 heterocycles. The average Bonchev–Trinajstić information content (AvgIpc) is 2.57. The molecular weight excluding hydrogens is 328 g/mol. The molecule has 0 amide bonds. The van der Waals surface area contributed by atoms with Gasteiger partial charge in [-0.3, -0.25) is 9.59 Å².